The van der Waals surface area contributed by atoms with Gasteiger partial charge in [-0.1, -0.05) is 6.92 Å². The average Bonchev–Trinajstić information content (AvgIpc) is 2.04. The van der Waals surface area contributed by atoms with Crippen molar-refractivity contribution in [1.29, 1.82) is 0 Å². The Morgan fingerprint density at radius 3 is 2.31 bits per heavy atom. The third-order valence-electron chi connectivity index (χ3n) is 2.13. The molecule has 0 aliphatic heterocycles. The van der Waals surface area contributed by atoms with Gasteiger partial charge in [-0.25, -0.2) is 4.72 Å². The van der Waals surface area contributed by atoms with E-state index < -0.39 is 15.7 Å². The van der Waals surface area contributed by atoms with Crippen molar-refractivity contribution in [2.75, 3.05) is 13.6 Å². The summed E-state index contributed by atoms with van der Waals surface area (Å²) in [7, 11) is -1.99. The van der Waals surface area contributed by atoms with Gasteiger partial charge in [-0.15, -0.1) is 0 Å². The Bertz CT molecular complexity index is 240. The maximum Gasteiger partial charge on any atom is 0.277 e. The standard InChI is InChI=1S/C7H19N3O2S/c1-4-7(2,5-6-8)10-13(11,12)9-3/h9-10H,4-6,8H2,1-3H3. The first kappa shape index (κ1) is 12.8. The van der Waals surface area contributed by atoms with E-state index in [4.69, 9.17) is 5.73 Å². The van der Waals surface area contributed by atoms with Gasteiger partial charge in [0.15, 0.2) is 0 Å². The molecule has 6 heteroatoms. The highest BCUT2D eigenvalue weighted by molar-refractivity contribution is 7.87. The Balaban J connectivity index is 4.44. The maximum atomic E-state index is 11.2. The molecule has 0 aromatic heterocycles. The van der Waals surface area contributed by atoms with Crippen molar-refractivity contribution >= 4 is 10.2 Å². The van der Waals surface area contributed by atoms with E-state index in [1.54, 1.807) is 0 Å². The Morgan fingerprint density at radius 2 is 2.00 bits per heavy atom. The molecule has 0 aliphatic carbocycles. The summed E-state index contributed by atoms with van der Waals surface area (Å²) in [6.07, 6.45) is 1.34. The van der Waals surface area contributed by atoms with Gasteiger partial charge in [-0.05, 0) is 26.3 Å². The van der Waals surface area contributed by atoms with Crippen molar-refractivity contribution in [2.45, 2.75) is 32.2 Å². The van der Waals surface area contributed by atoms with E-state index in [1.165, 1.54) is 7.05 Å². The fourth-order valence-corrected chi connectivity index (χ4v) is 1.99. The molecular weight excluding hydrogens is 190 g/mol. The highest BCUT2D eigenvalue weighted by Crippen LogP contribution is 2.13. The minimum atomic E-state index is -3.37. The summed E-state index contributed by atoms with van der Waals surface area (Å²) in [4.78, 5) is 0. The molecule has 1 atom stereocenters. The van der Waals surface area contributed by atoms with Crippen LogP contribution >= 0.6 is 0 Å². The van der Waals surface area contributed by atoms with Crippen molar-refractivity contribution in [1.82, 2.24) is 9.44 Å². The lowest BCUT2D eigenvalue weighted by molar-refractivity contribution is 0.377. The van der Waals surface area contributed by atoms with Gasteiger partial charge in [0.1, 0.15) is 0 Å². The highest BCUT2D eigenvalue weighted by Gasteiger charge is 2.25. The summed E-state index contributed by atoms with van der Waals surface area (Å²) in [5, 5.41) is 0. The van der Waals surface area contributed by atoms with Gasteiger partial charge in [-0.3, -0.25) is 0 Å². The number of nitrogens with one attached hydrogen (secondary N) is 2. The Kier molecular flexibility index (Phi) is 4.83. The van der Waals surface area contributed by atoms with Gasteiger partial charge >= 0.3 is 0 Å². The molecule has 5 nitrogen and oxygen atoms in total. The van der Waals surface area contributed by atoms with Crippen LogP contribution in [-0.4, -0.2) is 27.5 Å². The monoisotopic (exact) mass is 209 g/mol. The predicted octanol–water partition coefficient (Wildman–Crippen LogP) is -0.442. The summed E-state index contributed by atoms with van der Waals surface area (Å²) in [5.74, 6) is 0. The van der Waals surface area contributed by atoms with Crippen molar-refractivity contribution in [3.8, 4) is 0 Å². The number of hydrogen-bond acceptors (Lipinski definition) is 3. The molecule has 0 bridgehead atoms. The minimum absolute atomic E-state index is 0.448. The Labute approximate surface area is 80.3 Å². The first-order chi connectivity index (χ1) is 5.89. The lowest BCUT2D eigenvalue weighted by Crippen LogP contribution is -2.50. The van der Waals surface area contributed by atoms with Crippen LogP contribution in [0.2, 0.25) is 0 Å². The lowest BCUT2D eigenvalue weighted by atomic mass is 9.96. The van der Waals surface area contributed by atoms with Crippen molar-refractivity contribution in [3.63, 3.8) is 0 Å². The van der Waals surface area contributed by atoms with Crippen molar-refractivity contribution in [3.05, 3.63) is 0 Å². The summed E-state index contributed by atoms with van der Waals surface area (Å²) in [6.45, 7) is 4.24. The summed E-state index contributed by atoms with van der Waals surface area (Å²) >= 11 is 0. The first-order valence-electron chi connectivity index (χ1n) is 4.31. The molecule has 0 saturated carbocycles. The predicted molar refractivity (Wildman–Crippen MR) is 53.5 cm³/mol. The van der Waals surface area contributed by atoms with Crippen LogP contribution in [0.1, 0.15) is 26.7 Å². The summed E-state index contributed by atoms with van der Waals surface area (Å²) in [5.41, 5.74) is 4.95. The fraction of sp³-hybridized carbons (Fsp3) is 1.00. The van der Waals surface area contributed by atoms with Crippen LogP contribution in [0.15, 0.2) is 0 Å². The number of rotatable bonds is 6. The zero-order chi connectivity index (χ0) is 10.5. The van der Waals surface area contributed by atoms with E-state index >= 15 is 0 Å². The molecule has 0 aromatic rings. The topological polar surface area (TPSA) is 84.2 Å². The van der Waals surface area contributed by atoms with Gasteiger partial charge in [0.2, 0.25) is 0 Å². The Hall–Kier alpha value is -0.170. The van der Waals surface area contributed by atoms with Gasteiger partial charge in [0.05, 0.1) is 0 Å². The molecule has 0 radical (unpaired) electrons. The van der Waals surface area contributed by atoms with E-state index in [0.29, 0.717) is 19.4 Å². The van der Waals surface area contributed by atoms with E-state index in [1.807, 2.05) is 13.8 Å². The fourth-order valence-electron chi connectivity index (χ4n) is 0.994. The normalized spacial score (nSPS) is 16.9. The molecule has 0 rings (SSSR count). The zero-order valence-electron chi connectivity index (χ0n) is 8.42. The zero-order valence-corrected chi connectivity index (χ0v) is 9.24. The second kappa shape index (κ2) is 4.90. The molecule has 0 aromatic carbocycles. The molecule has 0 heterocycles. The third kappa shape index (κ3) is 4.56. The van der Waals surface area contributed by atoms with E-state index in [2.05, 4.69) is 9.44 Å². The maximum absolute atomic E-state index is 11.2. The van der Waals surface area contributed by atoms with Crippen molar-refractivity contribution < 1.29 is 8.42 Å². The second-order valence-electron chi connectivity index (χ2n) is 3.26. The molecule has 0 amide bonds. The van der Waals surface area contributed by atoms with Crippen LogP contribution in [0.5, 0.6) is 0 Å². The van der Waals surface area contributed by atoms with E-state index in [0.717, 1.165) is 0 Å². The molecule has 4 N–H and O–H groups in total. The lowest BCUT2D eigenvalue weighted by Gasteiger charge is -2.28. The van der Waals surface area contributed by atoms with E-state index in [-0.39, 0.29) is 0 Å². The molecule has 13 heavy (non-hydrogen) atoms. The highest BCUT2D eigenvalue weighted by atomic mass is 32.2. The molecule has 1 unspecified atom stereocenters. The van der Waals surface area contributed by atoms with Gasteiger partial charge in [0.25, 0.3) is 10.2 Å². The van der Waals surface area contributed by atoms with Crippen LogP contribution in [-0.2, 0) is 10.2 Å². The third-order valence-corrected chi connectivity index (χ3v) is 3.42. The summed E-state index contributed by atoms with van der Waals surface area (Å²) < 4.78 is 27.1. The quantitative estimate of drug-likeness (QED) is 0.554. The largest absolute Gasteiger partial charge is 0.330 e. The molecule has 0 spiro atoms. The Morgan fingerprint density at radius 1 is 1.46 bits per heavy atom. The summed E-state index contributed by atoms with van der Waals surface area (Å²) in [6, 6.07) is 0. The SMILES string of the molecule is CCC(C)(CCN)NS(=O)(=O)NC. The van der Waals surface area contributed by atoms with Crippen LogP contribution in [0, 0.1) is 0 Å². The molecular formula is C7H19N3O2S. The van der Waals surface area contributed by atoms with Crippen molar-refractivity contribution in [2.24, 2.45) is 5.73 Å². The first-order valence-corrected chi connectivity index (χ1v) is 5.80. The minimum Gasteiger partial charge on any atom is -0.330 e. The molecule has 0 fully saturated rings. The molecule has 80 valence electrons. The van der Waals surface area contributed by atoms with E-state index in [9.17, 15) is 8.42 Å². The molecule has 0 aliphatic rings. The van der Waals surface area contributed by atoms with Crippen LogP contribution in [0.3, 0.4) is 0 Å². The van der Waals surface area contributed by atoms with Gasteiger partial charge < -0.3 is 5.73 Å². The van der Waals surface area contributed by atoms with Gasteiger partial charge in [-0.2, -0.15) is 13.1 Å². The van der Waals surface area contributed by atoms with Gasteiger partial charge in [0, 0.05) is 12.6 Å². The number of nitrogens with two attached hydrogens (primary N) is 1. The smallest absolute Gasteiger partial charge is 0.277 e. The van der Waals surface area contributed by atoms with Crippen LogP contribution in [0.25, 0.3) is 0 Å². The molecule has 0 saturated heterocycles. The number of hydrogen-bond donors (Lipinski definition) is 3. The second-order valence-corrected chi connectivity index (χ2v) is 4.88. The van der Waals surface area contributed by atoms with Crippen LogP contribution < -0.4 is 15.2 Å². The van der Waals surface area contributed by atoms with Crippen LogP contribution in [0.4, 0.5) is 0 Å². The average molecular weight is 209 g/mol.